The summed E-state index contributed by atoms with van der Waals surface area (Å²) in [7, 11) is 0. The van der Waals surface area contributed by atoms with Gasteiger partial charge in [0, 0.05) is 20.8 Å². The van der Waals surface area contributed by atoms with Crippen LogP contribution in [0.15, 0.2) is 12.3 Å². The lowest BCUT2D eigenvalue weighted by atomic mass is 10.3. The highest BCUT2D eigenvalue weighted by Gasteiger charge is 2.11. The predicted molar refractivity (Wildman–Crippen MR) is 64.2 cm³/mol. The van der Waals surface area contributed by atoms with Gasteiger partial charge in [0.25, 0.3) is 0 Å². The molecule has 7 heteroatoms. The number of hydrogen-bond donors (Lipinski definition) is 2. The van der Waals surface area contributed by atoms with Crippen molar-refractivity contribution in [1.29, 1.82) is 0 Å². The standard InChI is InChI=1S/C11H13N3O4/c1-6(15)13-9-4-10(14-7(2)16)11(12-5-9)18-8(3)17/h4-5H,1-3H3,(H,13,15)(H,14,16). The number of pyridine rings is 1. The summed E-state index contributed by atoms with van der Waals surface area (Å²) in [6.45, 7) is 3.88. The summed E-state index contributed by atoms with van der Waals surface area (Å²) in [4.78, 5) is 36.6. The Morgan fingerprint density at radius 1 is 1.11 bits per heavy atom. The monoisotopic (exact) mass is 251 g/mol. The molecular formula is C11H13N3O4. The van der Waals surface area contributed by atoms with E-state index in [2.05, 4.69) is 15.6 Å². The van der Waals surface area contributed by atoms with Crippen LogP contribution in [-0.4, -0.2) is 22.8 Å². The average molecular weight is 251 g/mol. The van der Waals surface area contributed by atoms with Crippen LogP contribution in [0.1, 0.15) is 20.8 Å². The summed E-state index contributed by atoms with van der Waals surface area (Å²) in [5, 5.41) is 4.97. The van der Waals surface area contributed by atoms with Crippen LogP contribution < -0.4 is 15.4 Å². The van der Waals surface area contributed by atoms with Gasteiger partial charge in [0.05, 0.1) is 11.9 Å². The van der Waals surface area contributed by atoms with Crippen molar-refractivity contribution < 1.29 is 19.1 Å². The van der Waals surface area contributed by atoms with Gasteiger partial charge in [-0.25, -0.2) is 4.98 Å². The van der Waals surface area contributed by atoms with Crippen LogP contribution in [0, 0.1) is 0 Å². The number of aromatic nitrogens is 1. The first-order chi connectivity index (χ1) is 8.38. The Bertz CT molecular complexity index is 499. The molecular weight excluding hydrogens is 238 g/mol. The molecule has 18 heavy (non-hydrogen) atoms. The zero-order valence-corrected chi connectivity index (χ0v) is 10.2. The molecule has 0 aliphatic rings. The van der Waals surface area contributed by atoms with Crippen molar-refractivity contribution in [3.05, 3.63) is 12.3 Å². The fourth-order valence-corrected chi connectivity index (χ4v) is 1.22. The largest absolute Gasteiger partial charge is 0.405 e. The van der Waals surface area contributed by atoms with Crippen molar-refractivity contribution in [2.75, 3.05) is 10.6 Å². The topological polar surface area (TPSA) is 97.4 Å². The van der Waals surface area contributed by atoms with Crippen molar-refractivity contribution in [1.82, 2.24) is 4.98 Å². The van der Waals surface area contributed by atoms with E-state index in [0.29, 0.717) is 5.69 Å². The smallest absolute Gasteiger partial charge is 0.309 e. The maximum absolute atomic E-state index is 11.0. The minimum atomic E-state index is -0.554. The third-order valence-electron chi connectivity index (χ3n) is 1.72. The molecule has 1 aromatic heterocycles. The van der Waals surface area contributed by atoms with E-state index in [1.807, 2.05) is 0 Å². The molecule has 0 aliphatic heterocycles. The van der Waals surface area contributed by atoms with Gasteiger partial charge in [-0.3, -0.25) is 14.4 Å². The SMILES string of the molecule is CC(=O)Nc1cnc(OC(C)=O)c(NC(C)=O)c1. The zero-order chi connectivity index (χ0) is 13.7. The predicted octanol–water partition coefficient (Wildman–Crippen LogP) is 0.924. The lowest BCUT2D eigenvalue weighted by Gasteiger charge is -2.10. The highest BCUT2D eigenvalue weighted by atomic mass is 16.5. The van der Waals surface area contributed by atoms with Gasteiger partial charge < -0.3 is 15.4 Å². The number of nitrogens with one attached hydrogen (secondary N) is 2. The number of carbonyl (C=O) groups is 3. The highest BCUT2D eigenvalue weighted by molar-refractivity contribution is 5.93. The van der Waals surface area contributed by atoms with Crippen LogP contribution in [0.25, 0.3) is 0 Å². The second kappa shape index (κ2) is 5.76. The van der Waals surface area contributed by atoms with Crippen LogP contribution >= 0.6 is 0 Å². The molecule has 0 unspecified atom stereocenters. The van der Waals surface area contributed by atoms with E-state index in [0.717, 1.165) is 0 Å². The van der Waals surface area contributed by atoms with Gasteiger partial charge in [0.15, 0.2) is 0 Å². The Balaban J connectivity index is 3.06. The molecule has 0 aliphatic carbocycles. The Kier molecular flexibility index (Phi) is 4.36. The molecule has 0 aromatic carbocycles. The van der Waals surface area contributed by atoms with Crippen molar-refractivity contribution >= 4 is 29.2 Å². The molecule has 2 N–H and O–H groups in total. The molecule has 1 rings (SSSR count). The number of rotatable bonds is 3. The first kappa shape index (κ1) is 13.6. The summed E-state index contributed by atoms with van der Waals surface area (Å²) < 4.78 is 4.83. The lowest BCUT2D eigenvalue weighted by molar-refractivity contribution is -0.132. The molecule has 1 heterocycles. The third-order valence-corrected chi connectivity index (χ3v) is 1.72. The number of amides is 2. The minimum absolute atomic E-state index is 0.0215. The molecule has 0 saturated heterocycles. The van der Waals surface area contributed by atoms with Crippen LogP contribution in [0.5, 0.6) is 5.88 Å². The normalized spacial score (nSPS) is 9.50. The molecule has 2 amide bonds. The van der Waals surface area contributed by atoms with Crippen LogP contribution in [0.2, 0.25) is 0 Å². The first-order valence-corrected chi connectivity index (χ1v) is 5.12. The number of carbonyl (C=O) groups excluding carboxylic acids is 3. The number of nitrogens with zero attached hydrogens (tertiary/aromatic N) is 1. The molecule has 96 valence electrons. The fraction of sp³-hybridized carbons (Fsp3) is 0.273. The van der Waals surface area contributed by atoms with E-state index in [1.54, 1.807) is 0 Å². The molecule has 0 saturated carbocycles. The second-order valence-corrected chi connectivity index (χ2v) is 3.53. The van der Waals surface area contributed by atoms with E-state index in [-0.39, 0.29) is 23.4 Å². The van der Waals surface area contributed by atoms with E-state index >= 15 is 0 Å². The Morgan fingerprint density at radius 3 is 2.22 bits per heavy atom. The van der Waals surface area contributed by atoms with Crippen molar-refractivity contribution in [2.24, 2.45) is 0 Å². The van der Waals surface area contributed by atoms with Gasteiger partial charge in [-0.15, -0.1) is 0 Å². The van der Waals surface area contributed by atoms with Gasteiger partial charge in [-0.05, 0) is 6.07 Å². The fourth-order valence-electron chi connectivity index (χ4n) is 1.22. The van der Waals surface area contributed by atoms with Gasteiger partial charge in [0.1, 0.15) is 5.69 Å². The molecule has 0 radical (unpaired) electrons. The number of esters is 1. The van der Waals surface area contributed by atoms with Gasteiger partial charge >= 0.3 is 5.97 Å². The van der Waals surface area contributed by atoms with E-state index < -0.39 is 5.97 Å². The Labute approximate surface area is 104 Å². The maximum atomic E-state index is 11.0. The summed E-state index contributed by atoms with van der Waals surface area (Å²) in [6, 6.07) is 1.45. The van der Waals surface area contributed by atoms with Crippen molar-refractivity contribution in [2.45, 2.75) is 20.8 Å². The summed E-state index contributed by atoms with van der Waals surface area (Å²) in [5.74, 6) is -1.19. The number of ether oxygens (including phenoxy) is 1. The van der Waals surface area contributed by atoms with Crippen molar-refractivity contribution in [3.63, 3.8) is 0 Å². The molecule has 0 fully saturated rings. The van der Waals surface area contributed by atoms with Gasteiger partial charge in [0.2, 0.25) is 17.7 Å². The molecule has 0 atom stereocenters. The van der Waals surface area contributed by atoms with Crippen molar-refractivity contribution in [3.8, 4) is 5.88 Å². The van der Waals surface area contributed by atoms with Gasteiger partial charge in [-0.2, -0.15) is 0 Å². The number of anilines is 2. The quantitative estimate of drug-likeness (QED) is 0.778. The van der Waals surface area contributed by atoms with E-state index in [9.17, 15) is 14.4 Å². The Morgan fingerprint density at radius 2 is 1.72 bits per heavy atom. The van der Waals surface area contributed by atoms with E-state index in [4.69, 9.17) is 4.74 Å². The molecule has 0 bridgehead atoms. The molecule has 1 aromatic rings. The number of hydrogen-bond acceptors (Lipinski definition) is 5. The highest BCUT2D eigenvalue weighted by Crippen LogP contribution is 2.25. The Hall–Kier alpha value is -2.44. The van der Waals surface area contributed by atoms with Crippen LogP contribution in [-0.2, 0) is 14.4 Å². The summed E-state index contributed by atoms with van der Waals surface area (Å²) in [6.07, 6.45) is 1.32. The maximum Gasteiger partial charge on any atom is 0.309 e. The van der Waals surface area contributed by atoms with Crippen LogP contribution in [0.4, 0.5) is 11.4 Å². The zero-order valence-electron chi connectivity index (χ0n) is 10.2. The van der Waals surface area contributed by atoms with E-state index in [1.165, 1.54) is 33.0 Å². The average Bonchev–Trinajstić information content (AvgIpc) is 2.19. The molecule has 0 spiro atoms. The lowest BCUT2D eigenvalue weighted by Crippen LogP contribution is -2.12. The molecule has 7 nitrogen and oxygen atoms in total. The third kappa shape index (κ3) is 4.20. The van der Waals surface area contributed by atoms with Gasteiger partial charge in [-0.1, -0.05) is 0 Å². The first-order valence-electron chi connectivity index (χ1n) is 5.12. The second-order valence-electron chi connectivity index (χ2n) is 3.53. The summed E-state index contributed by atoms with van der Waals surface area (Å²) in [5.41, 5.74) is 0.603. The minimum Gasteiger partial charge on any atom is -0.405 e. The summed E-state index contributed by atoms with van der Waals surface area (Å²) >= 11 is 0. The van der Waals surface area contributed by atoms with Crippen LogP contribution in [0.3, 0.4) is 0 Å².